The molecule has 0 amide bonds. The maximum atomic E-state index is 12.0. The third kappa shape index (κ3) is 2.45. The molecule has 0 saturated carbocycles. The molecule has 0 aliphatic heterocycles. The van der Waals surface area contributed by atoms with Crippen LogP contribution in [0.4, 0.5) is 0 Å². The summed E-state index contributed by atoms with van der Waals surface area (Å²) in [5.41, 5.74) is 2.06. The van der Waals surface area contributed by atoms with Crippen molar-refractivity contribution in [2.24, 2.45) is 0 Å². The van der Waals surface area contributed by atoms with Gasteiger partial charge in [0.05, 0.1) is 5.39 Å². The van der Waals surface area contributed by atoms with E-state index in [0.717, 1.165) is 32.0 Å². The number of nitrogens with zero attached hydrogens (tertiary/aromatic N) is 1. The van der Waals surface area contributed by atoms with Gasteiger partial charge in [0.1, 0.15) is 4.83 Å². The molecule has 0 spiro atoms. The smallest absolute Gasteiger partial charge is 0.260 e. The van der Waals surface area contributed by atoms with Gasteiger partial charge in [-0.25, -0.2) is 4.98 Å². The van der Waals surface area contributed by atoms with Gasteiger partial charge in [-0.1, -0.05) is 23.9 Å². The number of aryl methyl sites for hydroxylation is 2. The zero-order chi connectivity index (χ0) is 12.6. The molecule has 17 heavy (non-hydrogen) atoms. The second-order valence-electron chi connectivity index (χ2n) is 4.08. The number of aromatic nitrogens is 2. The lowest BCUT2D eigenvalue weighted by Crippen LogP contribution is -2.08. The van der Waals surface area contributed by atoms with Crippen LogP contribution in [0.15, 0.2) is 22.1 Å². The molecule has 0 fully saturated rings. The fourth-order valence-corrected chi connectivity index (χ4v) is 3.29. The van der Waals surface area contributed by atoms with Crippen LogP contribution in [0.2, 0.25) is 0 Å². The van der Waals surface area contributed by atoms with Gasteiger partial charge in [0.2, 0.25) is 0 Å². The molecule has 2 rings (SSSR count). The highest BCUT2D eigenvalue weighted by Crippen LogP contribution is 2.27. The first-order valence-corrected chi connectivity index (χ1v) is 7.06. The van der Waals surface area contributed by atoms with E-state index < -0.39 is 0 Å². The number of thioether (sulfide) groups is 1. The van der Waals surface area contributed by atoms with Crippen molar-refractivity contribution in [3.8, 4) is 0 Å². The third-order valence-corrected chi connectivity index (χ3v) is 4.68. The fourth-order valence-electron chi connectivity index (χ4n) is 1.49. The van der Waals surface area contributed by atoms with E-state index in [0.29, 0.717) is 5.16 Å². The van der Waals surface area contributed by atoms with Crippen LogP contribution in [0.5, 0.6) is 0 Å². The summed E-state index contributed by atoms with van der Waals surface area (Å²) < 4.78 is 0. The van der Waals surface area contributed by atoms with Crippen LogP contribution in [-0.2, 0) is 0 Å². The summed E-state index contributed by atoms with van der Waals surface area (Å²) in [6, 6.07) is 0. The maximum Gasteiger partial charge on any atom is 0.260 e. The van der Waals surface area contributed by atoms with E-state index >= 15 is 0 Å². The first kappa shape index (κ1) is 12.4. The minimum Gasteiger partial charge on any atom is -0.301 e. The Kier molecular flexibility index (Phi) is 3.40. The average molecular weight is 266 g/mol. The number of hydrogen-bond acceptors (Lipinski definition) is 4. The standard InChI is InChI=1S/C12H14N2OS2/c1-6(2)5-16-12-13-10(15)9-7(3)8(4)17-11(9)14-12/h1,5H2,2-4H3,(H,13,14,15). The van der Waals surface area contributed by atoms with Gasteiger partial charge in [-0.15, -0.1) is 11.3 Å². The van der Waals surface area contributed by atoms with Crippen molar-refractivity contribution in [1.29, 1.82) is 0 Å². The summed E-state index contributed by atoms with van der Waals surface area (Å²) in [6.45, 7) is 9.78. The Morgan fingerprint density at radius 2 is 2.24 bits per heavy atom. The minimum atomic E-state index is -0.0407. The summed E-state index contributed by atoms with van der Waals surface area (Å²) >= 11 is 3.09. The van der Waals surface area contributed by atoms with Gasteiger partial charge in [0.15, 0.2) is 5.16 Å². The Balaban J connectivity index is 2.49. The van der Waals surface area contributed by atoms with Gasteiger partial charge < -0.3 is 4.98 Å². The van der Waals surface area contributed by atoms with Gasteiger partial charge in [-0.05, 0) is 26.3 Å². The second kappa shape index (κ2) is 4.66. The predicted molar refractivity (Wildman–Crippen MR) is 75.3 cm³/mol. The van der Waals surface area contributed by atoms with Crippen LogP contribution in [0.1, 0.15) is 17.4 Å². The van der Waals surface area contributed by atoms with E-state index in [1.165, 1.54) is 11.8 Å². The highest BCUT2D eigenvalue weighted by molar-refractivity contribution is 7.99. The van der Waals surface area contributed by atoms with E-state index in [9.17, 15) is 4.79 Å². The first-order chi connectivity index (χ1) is 7.99. The molecule has 90 valence electrons. The SMILES string of the molecule is C=C(C)CSc1nc2sc(C)c(C)c2c(=O)[nH]1. The predicted octanol–water partition coefficient (Wildman–Crippen LogP) is 3.27. The molecule has 5 heteroatoms. The normalized spacial score (nSPS) is 11.0. The summed E-state index contributed by atoms with van der Waals surface area (Å²) in [5, 5.41) is 1.40. The van der Waals surface area contributed by atoms with E-state index in [1.54, 1.807) is 11.3 Å². The number of aromatic amines is 1. The minimum absolute atomic E-state index is 0.0407. The lowest BCUT2D eigenvalue weighted by Gasteiger charge is -2.00. The maximum absolute atomic E-state index is 12.0. The van der Waals surface area contributed by atoms with Crippen LogP contribution in [0.25, 0.3) is 10.2 Å². The molecule has 0 unspecified atom stereocenters. The van der Waals surface area contributed by atoms with Crippen LogP contribution < -0.4 is 5.56 Å². The molecule has 0 atom stereocenters. The van der Waals surface area contributed by atoms with Gasteiger partial charge in [0, 0.05) is 10.6 Å². The molecule has 3 nitrogen and oxygen atoms in total. The summed E-state index contributed by atoms with van der Waals surface area (Å²) in [6.07, 6.45) is 0. The molecule has 0 aliphatic rings. The van der Waals surface area contributed by atoms with Crippen molar-refractivity contribution >= 4 is 33.3 Å². The number of H-pyrrole nitrogens is 1. The Morgan fingerprint density at radius 3 is 2.88 bits per heavy atom. The zero-order valence-corrected chi connectivity index (χ0v) is 11.7. The fraction of sp³-hybridized carbons (Fsp3) is 0.333. The second-order valence-corrected chi connectivity index (χ2v) is 6.25. The Morgan fingerprint density at radius 1 is 1.53 bits per heavy atom. The van der Waals surface area contributed by atoms with Crippen molar-refractivity contribution in [2.45, 2.75) is 25.9 Å². The first-order valence-electron chi connectivity index (χ1n) is 5.26. The van der Waals surface area contributed by atoms with Crippen LogP contribution >= 0.6 is 23.1 Å². The Hall–Kier alpha value is -1.07. The molecule has 2 aromatic rings. The molecular formula is C12H14N2OS2. The number of hydrogen-bond donors (Lipinski definition) is 1. The van der Waals surface area contributed by atoms with Crippen molar-refractivity contribution in [3.63, 3.8) is 0 Å². The topological polar surface area (TPSA) is 45.8 Å². The van der Waals surface area contributed by atoms with Crippen molar-refractivity contribution in [1.82, 2.24) is 9.97 Å². The Bertz CT molecular complexity index is 640. The molecule has 1 N–H and O–H groups in total. The Labute approximate surface area is 108 Å². The molecule has 0 bridgehead atoms. The highest BCUT2D eigenvalue weighted by Gasteiger charge is 2.11. The number of fused-ring (bicyclic) bond motifs is 1. The van der Waals surface area contributed by atoms with Crippen molar-refractivity contribution < 1.29 is 0 Å². The molecule has 0 aliphatic carbocycles. The lowest BCUT2D eigenvalue weighted by atomic mass is 10.2. The quantitative estimate of drug-likeness (QED) is 0.527. The van der Waals surface area contributed by atoms with Gasteiger partial charge in [-0.3, -0.25) is 4.79 Å². The molecule has 2 aromatic heterocycles. The van der Waals surface area contributed by atoms with Crippen molar-refractivity contribution in [2.75, 3.05) is 5.75 Å². The molecule has 0 saturated heterocycles. The summed E-state index contributed by atoms with van der Waals surface area (Å²) in [7, 11) is 0. The third-order valence-electron chi connectivity index (χ3n) is 2.47. The van der Waals surface area contributed by atoms with Crippen LogP contribution in [-0.4, -0.2) is 15.7 Å². The molecule has 0 aromatic carbocycles. The monoisotopic (exact) mass is 266 g/mol. The van der Waals surface area contributed by atoms with Crippen LogP contribution in [0.3, 0.4) is 0 Å². The largest absolute Gasteiger partial charge is 0.301 e. The van der Waals surface area contributed by atoms with Gasteiger partial charge in [0.25, 0.3) is 5.56 Å². The zero-order valence-electron chi connectivity index (χ0n) is 10.1. The number of rotatable bonds is 3. The van der Waals surface area contributed by atoms with E-state index in [4.69, 9.17) is 0 Å². The van der Waals surface area contributed by atoms with E-state index in [2.05, 4.69) is 16.5 Å². The summed E-state index contributed by atoms with van der Waals surface area (Å²) in [4.78, 5) is 21.2. The van der Waals surface area contributed by atoms with Crippen LogP contribution in [0, 0.1) is 13.8 Å². The summed E-state index contributed by atoms with van der Waals surface area (Å²) in [5.74, 6) is 0.776. The number of nitrogens with one attached hydrogen (secondary N) is 1. The lowest BCUT2D eigenvalue weighted by molar-refractivity contribution is 0.980. The number of thiophene rings is 1. The van der Waals surface area contributed by atoms with Gasteiger partial charge >= 0.3 is 0 Å². The average Bonchev–Trinajstić information content (AvgIpc) is 2.52. The molecule has 0 radical (unpaired) electrons. The molecule has 2 heterocycles. The molecular weight excluding hydrogens is 252 g/mol. The highest BCUT2D eigenvalue weighted by atomic mass is 32.2. The van der Waals surface area contributed by atoms with Crippen molar-refractivity contribution in [3.05, 3.63) is 32.9 Å². The van der Waals surface area contributed by atoms with E-state index in [1.807, 2.05) is 20.8 Å². The van der Waals surface area contributed by atoms with E-state index in [-0.39, 0.29) is 5.56 Å². The van der Waals surface area contributed by atoms with Gasteiger partial charge in [-0.2, -0.15) is 0 Å².